The van der Waals surface area contributed by atoms with Gasteiger partial charge in [-0.25, -0.2) is 8.42 Å². The molecule has 0 atom stereocenters. The van der Waals surface area contributed by atoms with Gasteiger partial charge in [0.25, 0.3) is 15.9 Å². The Balaban J connectivity index is 1.73. The summed E-state index contributed by atoms with van der Waals surface area (Å²) in [6.07, 6.45) is 0.630. The van der Waals surface area contributed by atoms with Gasteiger partial charge in [-0.3, -0.25) is 9.52 Å². The molecule has 0 aromatic heterocycles. The van der Waals surface area contributed by atoms with Crippen molar-refractivity contribution in [3.05, 3.63) is 87.9 Å². The van der Waals surface area contributed by atoms with Crippen molar-refractivity contribution in [2.45, 2.75) is 37.5 Å². The van der Waals surface area contributed by atoms with Gasteiger partial charge in [-0.2, -0.15) is 0 Å². The van der Waals surface area contributed by atoms with Crippen molar-refractivity contribution in [3.8, 4) is 5.75 Å². The van der Waals surface area contributed by atoms with Crippen LogP contribution in [-0.2, 0) is 21.9 Å². The number of amides is 1. The molecule has 0 aliphatic carbocycles. The molecule has 0 saturated heterocycles. The van der Waals surface area contributed by atoms with Crippen LogP contribution in [0, 0.1) is 0 Å². The summed E-state index contributed by atoms with van der Waals surface area (Å²) in [7, 11) is -2.26. The quantitative estimate of drug-likeness (QED) is 0.390. The molecule has 2 N–H and O–H groups in total. The largest absolute Gasteiger partial charge is 0.497 e. The van der Waals surface area contributed by atoms with Crippen molar-refractivity contribution in [1.82, 2.24) is 5.32 Å². The van der Waals surface area contributed by atoms with Crippen LogP contribution in [-0.4, -0.2) is 28.0 Å². The van der Waals surface area contributed by atoms with Crippen LogP contribution in [0.5, 0.6) is 5.75 Å². The number of rotatable bonds is 8. The Morgan fingerprint density at radius 3 is 2.21 bits per heavy atom. The normalized spacial score (nSPS) is 11.7. The lowest BCUT2D eigenvalue weighted by Gasteiger charge is -2.19. The number of carbonyl (C=O) groups is 1. The SMILES string of the molecule is COc1ccc(CCNC(=O)c2cc(Br)ccc2NS(=O)(=O)c2ccc(C(C)(C)C)cc2)cc1. The highest BCUT2D eigenvalue weighted by atomic mass is 79.9. The maximum atomic E-state index is 13.0. The molecule has 180 valence electrons. The van der Waals surface area contributed by atoms with Crippen molar-refractivity contribution in [3.63, 3.8) is 0 Å². The molecule has 0 radical (unpaired) electrons. The summed E-state index contributed by atoms with van der Waals surface area (Å²) in [5.41, 5.74) is 2.45. The van der Waals surface area contributed by atoms with Gasteiger partial charge in [0, 0.05) is 11.0 Å². The number of halogens is 1. The molecule has 0 spiro atoms. The van der Waals surface area contributed by atoms with Gasteiger partial charge < -0.3 is 10.1 Å². The number of anilines is 1. The van der Waals surface area contributed by atoms with Crippen molar-refractivity contribution in [2.75, 3.05) is 18.4 Å². The van der Waals surface area contributed by atoms with E-state index in [0.717, 1.165) is 16.9 Å². The summed E-state index contributed by atoms with van der Waals surface area (Å²) in [5, 5.41) is 2.87. The van der Waals surface area contributed by atoms with Gasteiger partial charge in [-0.15, -0.1) is 0 Å². The van der Waals surface area contributed by atoms with E-state index in [2.05, 4.69) is 46.7 Å². The second-order valence-corrected chi connectivity index (χ2v) is 11.5. The number of carbonyl (C=O) groups excluding carboxylic acids is 1. The van der Waals surface area contributed by atoms with Crippen LogP contribution in [0.1, 0.15) is 42.3 Å². The number of hydrogen-bond donors (Lipinski definition) is 2. The van der Waals surface area contributed by atoms with E-state index < -0.39 is 10.0 Å². The fourth-order valence-electron chi connectivity index (χ4n) is 3.34. The first-order chi connectivity index (χ1) is 16.0. The lowest BCUT2D eigenvalue weighted by molar-refractivity contribution is 0.0955. The van der Waals surface area contributed by atoms with Gasteiger partial charge >= 0.3 is 0 Å². The molecule has 0 aliphatic heterocycles. The van der Waals surface area contributed by atoms with Crippen LogP contribution >= 0.6 is 15.9 Å². The minimum Gasteiger partial charge on any atom is -0.497 e. The van der Waals surface area contributed by atoms with Gasteiger partial charge in [-0.1, -0.05) is 61.0 Å². The van der Waals surface area contributed by atoms with Crippen LogP contribution in [0.2, 0.25) is 0 Å². The van der Waals surface area contributed by atoms with E-state index >= 15 is 0 Å². The first kappa shape index (κ1) is 25.8. The van der Waals surface area contributed by atoms with E-state index in [1.54, 1.807) is 37.4 Å². The maximum absolute atomic E-state index is 13.0. The lowest BCUT2D eigenvalue weighted by atomic mass is 9.87. The van der Waals surface area contributed by atoms with Gasteiger partial charge in [0.15, 0.2) is 0 Å². The molecular formula is C26H29BrN2O4S. The monoisotopic (exact) mass is 544 g/mol. The molecule has 0 unspecified atom stereocenters. The van der Waals surface area contributed by atoms with Crippen LogP contribution in [0.25, 0.3) is 0 Å². The highest BCUT2D eigenvalue weighted by molar-refractivity contribution is 9.10. The number of benzene rings is 3. The topological polar surface area (TPSA) is 84.5 Å². The molecule has 6 nitrogen and oxygen atoms in total. The third-order valence-corrected chi connectivity index (χ3v) is 7.23. The van der Waals surface area contributed by atoms with Crippen molar-refractivity contribution >= 4 is 37.5 Å². The van der Waals surface area contributed by atoms with Gasteiger partial charge in [0.05, 0.1) is 23.3 Å². The average Bonchev–Trinajstić information content (AvgIpc) is 2.80. The van der Waals surface area contributed by atoms with E-state index in [1.165, 1.54) is 0 Å². The Morgan fingerprint density at radius 2 is 1.62 bits per heavy atom. The van der Waals surface area contributed by atoms with E-state index in [4.69, 9.17) is 4.74 Å². The summed E-state index contributed by atoms with van der Waals surface area (Å²) >= 11 is 3.37. The average molecular weight is 545 g/mol. The third kappa shape index (κ3) is 6.61. The van der Waals surface area contributed by atoms with E-state index in [0.29, 0.717) is 17.4 Å². The predicted molar refractivity (Wildman–Crippen MR) is 139 cm³/mol. The van der Waals surface area contributed by atoms with Crippen molar-refractivity contribution in [2.24, 2.45) is 0 Å². The molecular weight excluding hydrogens is 516 g/mol. The smallest absolute Gasteiger partial charge is 0.261 e. The summed E-state index contributed by atoms with van der Waals surface area (Å²) in [6.45, 7) is 6.60. The number of ether oxygens (including phenoxy) is 1. The second-order valence-electron chi connectivity index (χ2n) is 8.92. The highest BCUT2D eigenvalue weighted by Gasteiger charge is 2.21. The number of methoxy groups -OCH3 is 1. The summed E-state index contributed by atoms with van der Waals surface area (Å²) < 4.78 is 34.4. The molecule has 0 aliphatic rings. The van der Waals surface area contributed by atoms with Crippen LogP contribution in [0.3, 0.4) is 0 Å². The van der Waals surface area contributed by atoms with Crippen LogP contribution in [0.4, 0.5) is 5.69 Å². The van der Waals surface area contributed by atoms with Crippen LogP contribution in [0.15, 0.2) is 76.1 Å². The standard InChI is InChI=1S/C26H29BrN2O4S/c1-26(2,3)19-7-12-22(13-8-19)34(31,32)29-24-14-9-20(27)17-23(24)25(30)28-16-15-18-5-10-21(33-4)11-6-18/h5-14,17,29H,15-16H2,1-4H3,(H,28,30). The Kier molecular flexibility index (Phi) is 8.05. The predicted octanol–water partition coefficient (Wildman–Crippen LogP) is 5.53. The Labute approximate surface area is 209 Å². The fraction of sp³-hybridized carbons (Fsp3) is 0.269. The summed E-state index contributed by atoms with van der Waals surface area (Å²) in [6, 6.07) is 19.3. The minimum atomic E-state index is -3.87. The molecule has 0 fully saturated rings. The maximum Gasteiger partial charge on any atom is 0.261 e. The Hall–Kier alpha value is -2.84. The zero-order valence-electron chi connectivity index (χ0n) is 19.7. The molecule has 34 heavy (non-hydrogen) atoms. The van der Waals surface area contributed by atoms with Gasteiger partial charge in [-0.05, 0) is 65.4 Å². The molecule has 0 heterocycles. The number of nitrogens with one attached hydrogen (secondary N) is 2. The molecule has 0 bridgehead atoms. The number of hydrogen-bond acceptors (Lipinski definition) is 4. The van der Waals surface area contributed by atoms with Crippen LogP contribution < -0.4 is 14.8 Å². The molecule has 3 rings (SSSR count). The van der Waals surface area contributed by atoms with Gasteiger partial charge in [0.2, 0.25) is 0 Å². The van der Waals surface area contributed by atoms with Crippen molar-refractivity contribution < 1.29 is 17.9 Å². The fourth-order valence-corrected chi connectivity index (χ4v) is 4.78. The van der Waals surface area contributed by atoms with E-state index in [-0.39, 0.29) is 27.5 Å². The van der Waals surface area contributed by atoms with Gasteiger partial charge in [0.1, 0.15) is 5.75 Å². The summed E-state index contributed by atoms with van der Waals surface area (Å²) in [4.78, 5) is 13.0. The molecule has 1 amide bonds. The van der Waals surface area contributed by atoms with E-state index in [9.17, 15) is 13.2 Å². The zero-order chi connectivity index (χ0) is 24.9. The molecule has 8 heteroatoms. The zero-order valence-corrected chi connectivity index (χ0v) is 22.1. The second kappa shape index (κ2) is 10.6. The first-order valence-electron chi connectivity index (χ1n) is 10.8. The Bertz CT molecular complexity index is 1250. The number of sulfonamides is 1. The summed E-state index contributed by atoms with van der Waals surface area (Å²) in [5.74, 6) is 0.405. The highest BCUT2D eigenvalue weighted by Crippen LogP contribution is 2.26. The minimum absolute atomic E-state index is 0.0848. The molecule has 3 aromatic rings. The third-order valence-electron chi connectivity index (χ3n) is 5.36. The van der Waals surface area contributed by atoms with Crippen molar-refractivity contribution in [1.29, 1.82) is 0 Å². The Morgan fingerprint density at radius 1 is 0.971 bits per heavy atom. The molecule has 3 aromatic carbocycles. The van der Waals surface area contributed by atoms with E-state index in [1.807, 2.05) is 36.4 Å². The molecule has 0 saturated carbocycles. The first-order valence-corrected chi connectivity index (χ1v) is 13.1. The lowest BCUT2D eigenvalue weighted by Crippen LogP contribution is -2.27.